The number of hydrogen-bond donors (Lipinski definition) is 3. The lowest BCUT2D eigenvalue weighted by molar-refractivity contribution is -0.120. The van der Waals surface area contributed by atoms with Gasteiger partial charge in [-0.3, -0.25) is 4.79 Å². The zero-order valence-electron chi connectivity index (χ0n) is 11.4. The minimum Gasteiger partial charge on any atom is -0.393 e. The van der Waals surface area contributed by atoms with E-state index < -0.39 is 0 Å². The van der Waals surface area contributed by atoms with Gasteiger partial charge in [0, 0.05) is 23.6 Å². The number of aromatic nitrogens is 1. The van der Waals surface area contributed by atoms with E-state index in [4.69, 9.17) is 0 Å². The van der Waals surface area contributed by atoms with E-state index in [0.29, 0.717) is 24.9 Å². The Hall–Kier alpha value is -1.88. The van der Waals surface area contributed by atoms with Crippen molar-refractivity contribution in [3.8, 4) is 0 Å². The molecule has 2 aromatic rings. The van der Waals surface area contributed by atoms with E-state index in [0.717, 1.165) is 10.9 Å². The number of rotatable bonds is 6. The van der Waals surface area contributed by atoms with Crippen LogP contribution in [-0.4, -0.2) is 28.6 Å². The number of amides is 1. The fourth-order valence-corrected chi connectivity index (χ4v) is 2.12. The topological polar surface area (TPSA) is 65.1 Å². The van der Waals surface area contributed by atoms with Crippen molar-refractivity contribution in [2.75, 3.05) is 6.54 Å². The summed E-state index contributed by atoms with van der Waals surface area (Å²) in [6.45, 7) is 2.36. The zero-order chi connectivity index (χ0) is 14.5. The second-order valence-corrected chi connectivity index (χ2v) is 4.88. The summed E-state index contributed by atoms with van der Waals surface area (Å²) in [4.78, 5) is 14.8. The van der Waals surface area contributed by atoms with Crippen LogP contribution in [0.2, 0.25) is 0 Å². The van der Waals surface area contributed by atoms with Gasteiger partial charge in [0.05, 0.1) is 12.5 Å². The number of nitrogens with one attached hydrogen (secondary N) is 2. The van der Waals surface area contributed by atoms with E-state index in [1.54, 1.807) is 12.3 Å². The van der Waals surface area contributed by atoms with Gasteiger partial charge in [-0.1, -0.05) is 6.92 Å². The lowest BCUT2D eigenvalue weighted by Gasteiger charge is -2.08. The Morgan fingerprint density at radius 2 is 2.30 bits per heavy atom. The molecule has 1 aromatic carbocycles. The van der Waals surface area contributed by atoms with Gasteiger partial charge >= 0.3 is 0 Å². The van der Waals surface area contributed by atoms with Crippen molar-refractivity contribution in [3.63, 3.8) is 0 Å². The first-order valence-electron chi connectivity index (χ1n) is 6.80. The normalized spacial score (nSPS) is 12.6. The third kappa shape index (κ3) is 3.57. The predicted molar refractivity (Wildman–Crippen MR) is 75.9 cm³/mol. The smallest absolute Gasteiger partial charge is 0.224 e. The molecule has 1 heterocycles. The molecule has 0 aliphatic rings. The maximum atomic E-state index is 13.1. The molecule has 1 aromatic heterocycles. The second-order valence-electron chi connectivity index (χ2n) is 4.88. The van der Waals surface area contributed by atoms with Crippen LogP contribution in [0.5, 0.6) is 0 Å². The van der Waals surface area contributed by atoms with Gasteiger partial charge in [0.1, 0.15) is 5.82 Å². The Balaban J connectivity index is 1.93. The van der Waals surface area contributed by atoms with Crippen molar-refractivity contribution in [1.82, 2.24) is 10.3 Å². The molecular weight excluding hydrogens is 259 g/mol. The predicted octanol–water partition coefficient (Wildman–Crippen LogP) is 2.13. The van der Waals surface area contributed by atoms with Crippen LogP contribution >= 0.6 is 0 Å². The number of aliphatic hydroxyl groups is 1. The summed E-state index contributed by atoms with van der Waals surface area (Å²) in [5.41, 5.74) is 1.53. The number of aromatic amines is 1. The van der Waals surface area contributed by atoms with Crippen LogP contribution in [0.1, 0.15) is 25.3 Å². The van der Waals surface area contributed by atoms with Crippen LogP contribution < -0.4 is 5.32 Å². The molecule has 0 aliphatic heterocycles. The molecule has 1 atom stereocenters. The van der Waals surface area contributed by atoms with E-state index in [9.17, 15) is 14.3 Å². The monoisotopic (exact) mass is 278 g/mol. The van der Waals surface area contributed by atoms with Crippen LogP contribution in [0.4, 0.5) is 4.39 Å². The summed E-state index contributed by atoms with van der Waals surface area (Å²) < 4.78 is 13.1. The summed E-state index contributed by atoms with van der Waals surface area (Å²) in [6, 6.07) is 4.47. The standard InChI is InChI=1S/C15H19FN2O2/c1-2-12(19)5-6-17-15(20)7-10-9-18-14-8-11(16)3-4-13(10)14/h3-4,8-9,12,18-19H,2,5-7H2,1H3,(H,17,20). The van der Waals surface area contributed by atoms with Gasteiger partial charge in [-0.15, -0.1) is 0 Å². The van der Waals surface area contributed by atoms with Crippen molar-refractivity contribution in [2.24, 2.45) is 0 Å². The van der Waals surface area contributed by atoms with Gasteiger partial charge < -0.3 is 15.4 Å². The fraction of sp³-hybridized carbons (Fsp3) is 0.400. The molecule has 5 heteroatoms. The Morgan fingerprint density at radius 1 is 1.50 bits per heavy atom. The Bertz CT molecular complexity index is 595. The number of carbonyl (C=O) groups excluding carboxylic acids is 1. The van der Waals surface area contributed by atoms with Gasteiger partial charge in [-0.2, -0.15) is 0 Å². The number of halogens is 1. The number of aliphatic hydroxyl groups excluding tert-OH is 1. The SMILES string of the molecule is CCC(O)CCNC(=O)Cc1c[nH]c2cc(F)ccc12. The van der Waals surface area contributed by atoms with E-state index >= 15 is 0 Å². The van der Waals surface area contributed by atoms with Gasteiger partial charge in [0.25, 0.3) is 0 Å². The van der Waals surface area contributed by atoms with Crippen LogP contribution in [0.3, 0.4) is 0 Å². The molecule has 1 unspecified atom stereocenters. The minimum absolute atomic E-state index is 0.0986. The van der Waals surface area contributed by atoms with E-state index in [-0.39, 0.29) is 24.2 Å². The molecule has 0 fully saturated rings. The molecule has 3 N–H and O–H groups in total. The Kier molecular flexibility index (Phi) is 4.74. The first kappa shape index (κ1) is 14.5. The third-order valence-corrected chi connectivity index (χ3v) is 3.35. The highest BCUT2D eigenvalue weighted by Crippen LogP contribution is 2.19. The summed E-state index contributed by atoms with van der Waals surface area (Å²) in [6.07, 6.45) is 2.84. The molecule has 1 amide bonds. The van der Waals surface area contributed by atoms with Crippen LogP contribution in [0.15, 0.2) is 24.4 Å². The molecule has 0 radical (unpaired) electrons. The number of hydrogen-bond acceptors (Lipinski definition) is 2. The largest absolute Gasteiger partial charge is 0.393 e. The molecule has 0 saturated carbocycles. The maximum Gasteiger partial charge on any atom is 0.224 e. The number of H-pyrrole nitrogens is 1. The lowest BCUT2D eigenvalue weighted by atomic mass is 10.1. The van der Waals surface area contributed by atoms with Crippen molar-refractivity contribution < 1.29 is 14.3 Å². The average molecular weight is 278 g/mol. The summed E-state index contributed by atoms with van der Waals surface area (Å²) >= 11 is 0. The maximum absolute atomic E-state index is 13.1. The third-order valence-electron chi connectivity index (χ3n) is 3.35. The van der Waals surface area contributed by atoms with Crippen molar-refractivity contribution in [3.05, 3.63) is 35.8 Å². The van der Waals surface area contributed by atoms with Crippen LogP contribution in [0.25, 0.3) is 10.9 Å². The van der Waals surface area contributed by atoms with E-state index in [1.807, 2.05) is 6.92 Å². The molecule has 0 saturated heterocycles. The highest BCUT2D eigenvalue weighted by atomic mass is 19.1. The quantitative estimate of drug-likeness (QED) is 0.758. The van der Waals surface area contributed by atoms with Gasteiger partial charge in [-0.25, -0.2) is 4.39 Å². The average Bonchev–Trinajstić information content (AvgIpc) is 2.80. The minimum atomic E-state index is -0.369. The van der Waals surface area contributed by atoms with Crippen LogP contribution in [0, 0.1) is 5.82 Å². The van der Waals surface area contributed by atoms with Gasteiger partial charge in [0.2, 0.25) is 5.91 Å². The lowest BCUT2D eigenvalue weighted by Crippen LogP contribution is -2.28. The van der Waals surface area contributed by atoms with Gasteiger partial charge in [0.15, 0.2) is 0 Å². The second kappa shape index (κ2) is 6.52. The van der Waals surface area contributed by atoms with Crippen molar-refractivity contribution in [1.29, 1.82) is 0 Å². The number of benzene rings is 1. The number of fused-ring (bicyclic) bond motifs is 1. The zero-order valence-corrected chi connectivity index (χ0v) is 11.4. The summed E-state index contributed by atoms with van der Waals surface area (Å²) in [5, 5.41) is 13.0. The number of carbonyl (C=O) groups is 1. The summed E-state index contributed by atoms with van der Waals surface area (Å²) in [7, 11) is 0. The molecule has 0 spiro atoms. The Morgan fingerprint density at radius 3 is 3.05 bits per heavy atom. The molecule has 0 bridgehead atoms. The first-order chi connectivity index (χ1) is 9.60. The van der Waals surface area contributed by atoms with E-state index in [2.05, 4.69) is 10.3 Å². The molecular formula is C15H19FN2O2. The van der Waals surface area contributed by atoms with Crippen molar-refractivity contribution in [2.45, 2.75) is 32.3 Å². The fourth-order valence-electron chi connectivity index (χ4n) is 2.12. The van der Waals surface area contributed by atoms with Crippen molar-refractivity contribution >= 4 is 16.8 Å². The molecule has 2 rings (SSSR count). The van der Waals surface area contributed by atoms with Crippen LogP contribution in [-0.2, 0) is 11.2 Å². The highest BCUT2D eigenvalue weighted by Gasteiger charge is 2.09. The molecule has 20 heavy (non-hydrogen) atoms. The van der Waals surface area contributed by atoms with E-state index in [1.165, 1.54) is 12.1 Å². The summed E-state index contributed by atoms with van der Waals surface area (Å²) in [5.74, 6) is -0.401. The Labute approximate surface area is 117 Å². The molecule has 4 nitrogen and oxygen atoms in total. The molecule has 0 aliphatic carbocycles. The first-order valence-corrected chi connectivity index (χ1v) is 6.80. The highest BCUT2D eigenvalue weighted by molar-refractivity contribution is 5.88. The molecule has 108 valence electrons. The van der Waals surface area contributed by atoms with Gasteiger partial charge in [-0.05, 0) is 36.6 Å².